The highest BCUT2D eigenvalue weighted by Gasteiger charge is 2.24. The Morgan fingerprint density at radius 1 is 1.24 bits per heavy atom. The van der Waals surface area contributed by atoms with E-state index >= 15 is 0 Å². The maximum absolute atomic E-state index is 13.3. The fraction of sp³-hybridized carbons (Fsp3) is 0.167. The normalized spacial score (nSPS) is 12.9. The van der Waals surface area contributed by atoms with Crippen molar-refractivity contribution in [3.05, 3.63) is 48.4 Å². The summed E-state index contributed by atoms with van der Waals surface area (Å²) in [6.07, 6.45) is 1.66. The molecule has 2 aromatic heterocycles. The van der Waals surface area contributed by atoms with Crippen LogP contribution in [-0.4, -0.2) is 26.2 Å². The number of rotatable bonds is 3. The second kappa shape index (κ2) is 6.33. The summed E-state index contributed by atoms with van der Waals surface area (Å²) in [5.74, 6) is 1.03. The lowest BCUT2D eigenvalue weighted by Gasteiger charge is -2.10. The minimum Gasteiger partial charge on any atom is -0.318 e. The second-order valence-electron chi connectivity index (χ2n) is 5.71. The van der Waals surface area contributed by atoms with Gasteiger partial charge in [0, 0.05) is 36.5 Å². The molecule has 4 rings (SSSR count). The van der Waals surface area contributed by atoms with Crippen molar-refractivity contribution >= 4 is 23.5 Å². The van der Waals surface area contributed by atoms with Crippen LogP contribution in [0, 0.1) is 5.82 Å². The van der Waals surface area contributed by atoms with Gasteiger partial charge in [0.2, 0.25) is 5.91 Å². The van der Waals surface area contributed by atoms with Crippen molar-refractivity contribution in [1.82, 2.24) is 14.5 Å². The van der Waals surface area contributed by atoms with Gasteiger partial charge in [-0.15, -0.1) is 0 Å². The van der Waals surface area contributed by atoms with Gasteiger partial charge in [-0.1, -0.05) is 11.8 Å². The van der Waals surface area contributed by atoms with Crippen molar-refractivity contribution in [1.29, 1.82) is 0 Å². The zero-order valence-corrected chi connectivity index (χ0v) is 14.3. The molecule has 126 valence electrons. The van der Waals surface area contributed by atoms with Crippen molar-refractivity contribution in [3.63, 3.8) is 0 Å². The number of carbonyl (C=O) groups is 1. The Hall–Kier alpha value is -2.67. The van der Waals surface area contributed by atoms with E-state index in [1.54, 1.807) is 30.1 Å². The van der Waals surface area contributed by atoms with Gasteiger partial charge in [0.15, 0.2) is 5.16 Å². The molecule has 1 amide bonds. The molecule has 0 spiro atoms. The minimum absolute atomic E-state index is 0.169. The molecule has 0 saturated heterocycles. The molecule has 7 heteroatoms. The number of amides is 1. The Labute approximate surface area is 148 Å². The first kappa shape index (κ1) is 15.8. The van der Waals surface area contributed by atoms with Crippen LogP contribution < -0.4 is 5.32 Å². The van der Waals surface area contributed by atoms with Crippen LogP contribution in [0.1, 0.15) is 6.92 Å². The number of anilines is 1. The number of imidazole rings is 1. The number of thioether (sulfide) groups is 1. The van der Waals surface area contributed by atoms with Gasteiger partial charge in [0.25, 0.3) is 0 Å². The number of aromatic nitrogens is 3. The van der Waals surface area contributed by atoms with Crippen LogP contribution >= 0.6 is 11.8 Å². The SMILES string of the molecule is CC(=O)Nc1cc(-c2c(-c3ccc(F)cc3)nc3n2CCS3)ccn1. The number of hydrogen-bond donors (Lipinski definition) is 1. The van der Waals surface area contributed by atoms with Gasteiger partial charge < -0.3 is 9.88 Å². The summed E-state index contributed by atoms with van der Waals surface area (Å²) in [7, 11) is 0. The predicted molar refractivity (Wildman–Crippen MR) is 95.9 cm³/mol. The molecule has 0 radical (unpaired) electrons. The van der Waals surface area contributed by atoms with Crippen LogP contribution in [0.4, 0.5) is 10.2 Å². The van der Waals surface area contributed by atoms with Gasteiger partial charge in [-0.05, 0) is 36.4 Å². The van der Waals surface area contributed by atoms with E-state index in [0.717, 1.165) is 40.0 Å². The van der Waals surface area contributed by atoms with Crippen molar-refractivity contribution in [3.8, 4) is 22.5 Å². The Bertz CT molecular complexity index is 952. The summed E-state index contributed by atoms with van der Waals surface area (Å²) in [5, 5.41) is 3.66. The van der Waals surface area contributed by atoms with Crippen LogP contribution in [0.5, 0.6) is 0 Å². The van der Waals surface area contributed by atoms with E-state index in [2.05, 4.69) is 14.9 Å². The summed E-state index contributed by atoms with van der Waals surface area (Å²) in [4.78, 5) is 20.2. The number of nitrogens with one attached hydrogen (secondary N) is 1. The lowest BCUT2D eigenvalue weighted by Crippen LogP contribution is -2.07. The van der Waals surface area contributed by atoms with E-state index in [-0.39, 0.29) is 11.7 Å². The number of pyridine rings is 1. The highest BCUT2D eigenvalue weighted by Crippen LogP contribution is 2.39. The number of halogens is 1. The van der Waals surface area contributed by atoms with Crippen molar-refractivity contribution in [2.75, 3.05) is 11.1 Å². The lowest BCUT2D eigenvalue weighted by molar-refractivity contribution is -0.114. The van der Waals surface area contributed by atoms with Gasteiger partial charge in [0.05, 0.1) is 11.4 Å². The number of fused-ring (bicyclic) bond motifs is 1. The van der Waals surface area contributed by atoms with Gasteiger partial charge in [-0.25, -0.2) is 14.4 Å². The van der Waals surface area contributed by atoms with Gasteiger partial charge in [-0.3, -0.25) is 4.79 Å². The number of benzene rings is 1. The molecule has 1 aromatic carbocycles. The molecular weight excluding hydrogens is 339 g/mol. The first-order valence-electron chi connectivity index (χ1n) is 7.85. The van der Waals surface area contributed by atoms with E-state index < -0.39 is 0 Å². The Kier molecular flexibility index (Phi) is 4.01. The maximum atomic E-state index is 13.3. The summed E-state index contributed by atoms with van der Waals surface area (Å²) in [5.41, 5.74) is 3.54. The molecule has 0 saturated carbocycles. The molecule has 0 unspecified atom stereocenters. The molecule has 3 aromatic rings. The van der Waals surface area contributed by atoms with E-state index in [0.29, 0.717) is 5.82 Å². The average molecular weight is 354 g/mol. The maximum Gasteiger partial charge on any atom is 0.222 e. The topological polar surface area (TPSA) is 59.8 Å². The van der Waals surface area contributed by atoms with Crippen LogP contribution in [0.15, 0.2) is 47.8 Å². The highest BCUT2D eigenvalue weighted by molar-refractivity contribution is 7.99. The first-order chi connectivity index (χ1) is 12.1. The van der Waals surface area contributed by atoms with Crippen LogP contribution in [0.25, 0.3) is 22.5 Å². The Balaban J connectivity index is 1.86. The van der Waals surface area contributed by atoms with Gasteiger partial charge in [0.1, 0.15) is 11.6 Å². The number of nitrogens with zero attached hydrogens (tertiary/aromatic N) is 3. The standard InChI is InChI=1S/C18H15FN4OS/c1-11(24)21-15-10-13(6-7-20-15)17-16(12-2-4-14(19)5-3-12)22-18-23(17)8-9-25-18/h2-7,10H,8-9H2,1H3,(H,20,21,24). The van der Waals surface area contributed by atoms with E-state index in [4.69, 9.17) is 4.98 Å². The lowest BCUT2D eigenvalue weighted by atomic mass is 10.1. The summed E-state index contributed by atoms with van der Waals surface area (Å²) < 4.78 is 15.4. The Morgan fingerprint density at radius 2 is 2.04 bits per heavy atom. The fourth-order valence-electron chi connectivity index (χ4n) is 2.91. The molecule has 0 atom stereocenters. The third kappa shape index (κ3) is 3.02. The largest absolute Gasteiger partial charge is 0.318 e. The first-order valence-corrected chi connectivity index (χ1v) is 8.83. The minimum atomic E-state index is -0.275. The van der Waals surface area contributed by atoms with E-state index in [1.807, 2.05) is 12.1 Å². The summed E-state index contributed by atoms with van der Waals surface area (Å²) >= 11 is 1.70. The summed E-state index contributed by atoms with van der Waals surface area (Å²) in [6, 6.07) is 10.1. The van der Waals surface area contributed by atoms with Crippen molar-refractivity contribution in [2.45, 2.75) is 18.6 Å². The number of carbonyl (C=O) groups excluding carboxylic acids is 1. The molecule has 0 aliphatic carbocycles. The molecular formula is C18H15FN4OS. The van der Waals surface area contributed by atoms with Crippen molar-refractivity contribution < 1.29 is 9.18 Å². The molecule has 1 N–H and O–H groups in total. The molecule has 1 aliphatic rings. The van der Waals surface area contributed by atoms with Crippen molar-refractivity contribution in [2.24, 2.45) is 0 Å². The zero-order chi connectivity index (χ0) is 17.4. The fourth-order valence-corrected chi connectivity index (χ4v) is 3.86. The molecule has 1 aliphatic heterocycles. The van der Waals surface area contributed by atoms with Crippen LogP contribution in [0.3, 0.4) is 0 Å². The molecule has 5 nitrogen and oxygen atoms in total. The number of hydrogen-bond acceptors (Lipinski definition) is 4. The average Bonchev–Trinajstić information content (AvgIpc) is 3.16. The quantitative estimate of drug-likeness (QED) is 0.777. The molecule has 25 heavy (non-hydrogen) atoms. The van der Waals surface area contributed by atoms with Crippen LogP contribution in [0.2, 0.25) is 0 Å². The third-order valence-corrected chi connectivity index (χ3v) is 4.89. The Morgan fingerprint density at radius 3 is 2.80 bits per heavy atom. The summed E-state index contributed by atoms with van der Waals surface area (Å²) in [6.45, 7) is 2.31. The smallest absolute Gasteiger partial charge is 0.222 e. The second-order valence-corrected chi connectivity index (χ2v) is 6.77. The van der Waals surface area contributed by atoms with E-state index in [1.165, 1.54) is 19.1 Å². The molecule has 0 bridgehead atoms. The molecule has 3 heterocycles. The zero-order valence-electron chi connectivity index (χ0n) is 13.5. The van der Waals surface area contributed by atoms with Gasteiger partial charge >= 0.3 is 0 Å². The third-order valence-electron chi connectivity index (χ3n) is 3.93. The highest BCUT2D eigenvalue weighted by atomic mass is 32.2. The van der Waals surface area contributed by atoms with Crippen LogP contribution in [-0.2, 0) is 11.3 Å². The predicted octanol–water partition coefficient (Wildman–Crippen LogP) is 3.82. The molecule has 0 fully saturated rings. The monoisotopic (exact) mass is 354 g/mol. The van der Waals surface area contributed by atoms with Gasteiger partial charge in [-0.2, -0.15) is 0 Å². The van der Waals surface area contributed by atoms with E-state index in [9.17, 15) is 9.18 Å².